The van der Waals surface area contributed by atoms with Crippen LogP contribution in [-0.4, -0.2) is 38.1 Å². The predicted molar refractivity (Wildman–Crippen MR) is 135 cm³/mol. The minimum atomic E-state index is -0.354. The van der Waals surface area contributed by atoms with E-state index >= 15 is 0 Å². The molecule has 180 valence electrons. The molecule has 0 atom stereocenters. The number of benzene rings is 2. The van der Waals surface area contributed by atoms with Gasteiger partial charge in [-0.05, 0) is 59.7 Å². The zero-order valence-corrected chi connectivity index (χ0v) is 19.7. The third kappa shape index (κ3) is 4.81. The Kier molecular flexibility index (Phi) is 6.69. The van der Waals surface area contributed by atoms with Crippen LogP contribution in [0.4, 0.5) is 8.78 Å². The van der Waals surface area contributed by atoms with Gasteiger partial charge in [0.1, 0.15) is 17.5 Å². The Labute approximate surface area is 210 Å². The van der Waals surface area contributed by atoms with E-state index in [1.807, 2.05) is 18.3 Å². The molecule has 2 aromatic carbocycles. The molecule has 36 heavy (non-hydrogen) atoms. The van der Waals surface area contributed by atoms with Gasteiger partial charge in [-0.15, -0.1) is 11.6 Å². The fourth-order valence-corrected chi connectivity index (χ4v) is 4.18. The van der Waals surface area contributed by atoms with E-state index in [2.05, 4.69) is 15.4 Å². The second-order valence-corrected chi connectivity index (χ2v) is 8.34. The molecule has 3 heterocycles. The molecule has 0 saturated carbocycles. The van der Waals surface area contributed by atoms with Crippen LogP contribution >= 0.6 is 11.6 Å². The van der Waals surface area contributed by atoms with Gasteiger partial charge in [-0.1, -0.05) is 12.1 Å². The number of aromatic nitrogens is 4. The Morgan fingerprint density at radius 2 is 1.47 bits per heavy atom. The van der Waals surface area contributed by atoms with Crippen LogP contribution in [0.2, 0.25) is 0 Å². The van der Waals surface area contributed by atoms with Gasteiger partial charge in [0.2, 0.25) is 5.91 Å². The number of pyridine rings is 2. The third-order valence-corrected chi connectivity index (χ3v) is 5.96. The number of carbonyl (C=O) groups is 1. The lowest BCUT2D eigenvalue weighted by Gasteiger charge is -2.16. The zero-order valence-electron chi connectivity index (χ0n) is 19.0. The fourth-order valence-electron chi connectivity index (χ4n) is 4.09. The Balaban J connectivity index is 1.77. The van der Waals surface area contributed by atoms with Gasteiger partial charge in [-0.25, -0.2) is 13.8 Å². The molecule has 0 saturated heterocycles. The molecule has 0 aliphatic carbocycles. The van der Waals surface area contributed by atoms with Crippen LogP contribution in [0.5, 0.6) is 0 Å². The second kappa shape index (κ2) is 10.2. The number of halogens is 3. The molecule has 1 amide bonds. The summed E-state index contributed by atoms with van der Waals surface area (Å²) < 4.78 is 29.3. The minimum absolute atomic E-state index is 0.117. The van der Waals surface area contributed by atoms with Crippen LogP contribution in [0.15, 0.2) is 79.3 Å². The van der Waals surface area contributed by atoms with E-state index < -0.39 is 0 Å². The summed E-state index contributed by atoms with van der Waals surface area (Å²) in [5.74, 6) is -1.09. The molecule has 0 aliphatic rings. The van der Waals surface area contributed by atoms with E-state index in [1.165, 1.54) is 24.3 Å². The average molecular weight is 504 g/mol. The number of nitrogens with one attached hydrogen (secondary N) is 1. The Hall–Kier alpha value is -4.17. The molecular weight excluding hydrogens is 484 g/mol. The summed E-state index contributed by atoms with van der Waals surface area (Å²) in [7, 11) is 0. The summed E-state index contributed by atoms with van der Waals surface area (Å²) >= 11 is 5.56. The first-order valence-electron chi connectivity index (χ1n) is 11.2. The molecule has 0 radical (unpaired) electrons. The first-order chi connectivity index (χ1) is 17.5. The van der Waals surface area contributed by atoms with E-state index in [0.29, 0.717) is 30.0 Å². The summed E-state index contributed by atoms with van der Waals surface area (Å²) in [5, 5.41) is 8.11. The van der Waals surface area contributed by atoms with Crippen molar-refractivity contribution in [1.29, 1.82) is 0 Å². The maximum atomic E-state index is 13.8. The number of alkyl halides is 1. The van der Waals surface area contributed by atoms with Crippen molar-refractivity contribution in [3.63, 3.8) is 0 Å². The van der Waals surface area contributed by atoms with Crippen molar-refractivity contribution < 1.29 is 13.6 Å². The summed E-state index contributed by atoms with van der Waals surface area (Å²) in [6, 6.07) is 16.1. The van der Waals surface area contributed by atoms with Gasteiger partial charge in [-0.3, -0.25) is 14.5 Å². The number of hydrogen-bond acceptors (Lipinski definition) is 4. The van der Waals surface area contributed by atoms with Gasteiger partial charge in [0.05, 0.1) is 12.2 Å². The highest BCUT2D eigenvalue weighted by Gasteiger charge is 2.22. The van der Waals surface area contributed by atoms with Gasteiger partial charge in [0, 0.05) is 47.2 Å². The van der Waals surface area contributed by atoms with Crippen molar-refractivity contribution in [3.8, 4) is 33.5 Å². The topological polar surface area (TPSA) is 72.7 Å². The normalized spacial score (nSPS) is 11.1. The van der Waals surface area contributed by atoms with Gasteiger partial charge in [0.25, 0.3) is 0 Å². The molecule has 0 bridgehead atoms. The van der Waals surface area contributed by atoms with Gasteiger partial charge in [0.15, 0.2) is 5.65 Å². The lowest BCUT2D eigenvalue weighted by Crippen LogP contribution is -2.28. The van der Waals surface area contributed by atoms with Crippen molar-refractivity contribution in [1.82, 2.24) is 25.1 Å². The molecule has 0 fully saturated rings. The first-order valence-corrected chi connectivity index (χ1v) is 11.7. The van der Waals surface area contributed by atoms with Crippen LogP contribution in [0, 0.1) is 11.6 Å². The molecule has 5 rings (SSSR count). The monoisotopic (exact) mass is 503 g/mol. The van der Waals surface area contributed by atoms with E-state index in [1.54, 1.807) is 41.3 Å². The molecular formula is C27H20ClF2N5O. The quantitative estimate of drug-likeness (QED) is 0.299. The molecule has 0 spiro atoms. The fraction of sp³-hybridized carbons (Fsp3) is 0.111. The summed E-state index contributed by atoms with van der Waals surface area (Å²) in [6.45, 7) is 0.742. The van der Waals surface area contributed by atoms with E-state index in [9.17, 15) is 13.6 Å². The number of amides is 1. The van der Waals surface area contributed by atoms with Crippen LogP contribution in [0.3, 0.4) is 0 Å². The minimum Gasteiger partial charge on any atom is -0.353 e. The summed E-state index contributed by atoms with van der Waals surface area (Å²) in [4.78, 5) is 20.5. The number of rotatable bonds is 7. The van der Waals surface area contributed by atoms with Crippen molar-refractivity contribution in [2.24, 2.45) is 0 Å². The van der Waals surface area contributed by atoms with Gasteiger partial charge in [-0.2, -0.15) is 5.10 Å². The maximum Gasteiger partial charge on any atom is 0.234 e. The van der Waals surface area contributed by atoms with Gasteiger partial charge >= 0.3 is 0 Å². The number of carbonyl (C=O) groups excluding carboxylic acids is 1. The lowest BCUT2D eigenvalue weighted by atomic mass is 9.90. The van der Waals surface area contributed by atoms with Crippen molar-refractivity contribution in [2.45, 2.75) is 6.54 Å². The van der Waals surface area contributed by atoms with E-state index in [-0.39, 0.29) is 23.4 Å². The smallest absolute Gasteiger partial charge is 0.234 e. The van der Waals surface area contributed by atoms with Crippen LogP contribution in [-0.2, 0) is 11.3 Å². The predicted octanol–water partition coefficient (Wildman–Crippen LogP) is 5.46. The zero-order chi connectivity index (χ0) is 25.1. The second-order valence-electron chi connectivity index (χ2n) is 8.07. The highest BCUT2D eigenvalue weighted by molar-refractivity contribution is 6.27. The van der Waals surface area contributed by atoms with Crippen LogP contribution in [0.25, 0.3) is 44.5 Å². The largest absolute Gasteiger partial charge is 0.353 e. The molecule has 0 unspecified atom stereocenters. The highest BCUT2D eigenvalue weighted by Crippen LogP contribution is 2.42. The lowest BCUT2D eigenvalue weighted by molar-refractivity contribution is -0.118. The molecule has 3 aromatic heterocycles. The standard InChI is InChI=1S/C27H20ClF2N5O/c28-15-23(36)32-13-14-35-16-22-24(17-1-5-20(29)6-2-17)25(18-9-11-31-12-10-18)26(33-27(22)34-35)19-3-7-21(30)8-4-19/h1-12,16H,13-15H2,(H,32,36). The van der Waals surface area contributed by atoms with E-state index in [4.69, 9.17) is 16.6 Å². The van der Waals surface area contributed by atoms with Crippen molar-refractivity contribution >= 4 is 28.5 Å². The van der Waals surface area contributed by atoms with Crippen molar-refractivity contribution in [2.75, 3.05) is 12.4 Å². The number of fused-ring (bicyclic) bond motifs is 1. The molecule has 1 N–H and O–H groups in total. The SMILES string of the molecule is O=C(CCl)NCCn1cc2c(-c3ccc(F)cc3)c(-c3ccncc3)c(-c3ccc(F)cc3)nc2n1. The number of hydrogen-bond donors (Lipinski definition) is 1. The average Bonchev–Trinajstić information content (AvgIpc) is 3.31. The highest BCUT2D eigenvalue weighted by atomic mass is 35.5. The summed E-state index contributed by atoms with van der Waals surface area (Å²) in [5.41, 5.74) is 5.00. The maximum absolute atomic E-state index is 13.8. The van der Waals surface area contributed by atoms with Gasteiger partial charge < -0.3 is 5.32 Å². The summed E-state index contributed by atoms with van der Waals surface area (Å²) in [6.07, 6.45) is 5.23. The van der Waals surface area contributed by atoms with E-state index in [0.717, 1.165) is 27.6 Å². The molecule has 5 aromatic rings. The van der Waals surface area contributed by atoms with Crippen molar-refractivity contribution in [3.05, 3.63) is 90.9 Å². The third-order valence-electron chi connectivity index (χ3n) is 5.72. The Bertz CT molecular complexity index is 1520. The molecule has 9 heteroatoms. The Morgan fingerprint density at radius 3 is 2.11 bits per heavy atom. The van der Waals surface area contributed by atoms with Crippen LogP contribution < -0.4 is 5.32 Å². The molecule has 0 aliphatic heterocycles. The number of nitrogens with zero attached hydrogens (tertiary/aromatic N) is 4. The first kappa shape index (κ1) is 23.6. The Morgan fingerprint density at radius 1 is 0.861 bits per heavy atom. The van der Waals surface area contributed by atoms with Crippen LogP contribution in [0.1, 0.15) is 0 Å². The molecule has 6 nitrogen and oxygen atoms in total.